The Morgan fingerprint density at radius 3 is 2.89 bits per heavy atom. The maximum atomic E-state index is 12.5. The Labute approximate surface area is 117 Å². The lowest BCUT2D eigenvalue weighted by molar-refractivity contribution is 0.0702. The predicted octanol–water partition coefficient (Wildman–Crippen LogP) is 3.62. The van der Waals surface area contributed by atoms with Gasteiger partial charge in [-0.05, 0) is 18.9 Å². The van der Waals surface area contributed by atoms with Gasteiger partial charge in [0, 0.05) is 24.3 Å². The highest BCUT2D eigenvalue weighted by Gasteiger charge is 2.30. The molecule has 4 heteroatoms. The Bertz CT molecular complexity index is 416. The Kier molecular flexibility index (Phi) is 4.49. The predicted molar refractivity (Wildman–Crippen MR) is 75.2 cm³/mol. The van der Waals surface area contributed by atoms with Crippen molar-refractivity contribution in [2.75, 3.05) is 7.05 Å². The molecule has 0 spiro atoms. The SMILES string of the molecule is CCc1occc1C(=O)N(C)C1CCCCC1Br. The van der Waals surface area contributed by atoms with Gasteiger partial charge in [0.15, 0.2) is 0 Å². The van der Waals surface area contributed by atoms with Crippen LogP contribution in [0.25, 0.3) is 0 Å². The molecule has 0 bridgehead atoms. The van der Waals surface area contributed by atoms with Crippen LogP contribution >= 0.6 is 15.9 Å². The van der Waals surface area contributed by atoms with Crippen LogP contribution in [0.3, 0.4) is 0 Å². The van der Waals surface area contributed by atoms with Gasteiger partial charge >= 0.3 is 0 Å². The number of furan rings is 1. The summed E-state index contributed by atoms with van der Waals surface area (Å²) in [6.07, 6.45) is 7.04. The van der Waals surface area contributed by atoms with E-state index in [0.717, 1.165) is 25.0 Å². The second-order valence-electron chi connectivity index (χ2n) is 4.89. The Morgan fingerprint density at radius 1 is 1.50 bits per heavy atom. The zero-order valence-electron chi connectivity index (χ0n) is 11.0. The fourth-order valence-electron chi connectivity index (χ4n) is 2.65. The van der Waals surface area contributed by atoms with Gasteiger partial charge in [-0.15, -0.1) is 0 Å². The number of alkyl halides is 1. The summed E-state index contributed by atoms with van der Waals surface area (Å²) >= 11 is 3.71. The van der Waals surface area contributed by atoms with Crippen LogP contribution in [0.1, 0.15) is 48.7 Å². The molecule has 2 unspecified atom stereocenters. The molecule has 1 heterocycles. The summed E-state index contributed by atoms with van der Waals surface area (Å²) in [5, 5.41) is 0. The fourth-order valence-corrected chi connectivity index (χ4v) is 3.59. The molecular formula is C14H20BrNO2. The standard InChI is InChI=1S/C14H20BrNO2/c1-3-13-10(8-9-18-13)14(17)16(2)12-7-5-4-6-11(12)15/h8-9,11-12H,3-7H2,1-2H3. The van der Waals surface area contributed by atoms with Crippen molar-refractivity contribution < 1.29 is 9.21 Å². The molecular weight excluding hydrogens is 294 g/mol. The molecule has 0 saturated heterocycles. The number of amides is 1. The highest BCUT2D eigenvalue weighted by Crippen LogP contribution is 2.29. The second kappa shape index (κ2) is 5.91. The van der Waals surface area contributed by atoms with Crippen molar-refractivity contribution in [3.05, 3.63) is 23.7 Å². The highest BCUT2D eigenvalue weighted by molar-refractivity contribution is 9.09. The van der Waals surface area contributed by atoms with Gasteiger partial charge in [0.25, 0.3) is 5.91 Å². The molecule has 2 atom stereocenters. The third kappa shape index (κ3) is 2.63. The van der Waals surface area contributed by atoms with E-state index in [1.807, 2.05) is 18.9 Å². The number of aryl methyl sites for hydroxylation is 1. The molecule has 1 aromatic rings. The summed E-state index contributed by atoms with van der Waals surface area (Å²) in [6, 6.07) is 2.08. The summed E-state index contributed by atoms with van der Waals surface area (Å²) in [5.41, 5.74) is 0.713. The van der Waals surface area contributed by atoms with Gasteiger partial charge in [0.2, 0.25) is 0 Å². The minimum Gasteiger partial charge on any atom is -0.469 e. The van der Waals surface area contributed by atoms with Crippen molar-refractivity contribution in [2.24, 2.45) is 0 Å². The minimum atomic E-state index is 0.0805. The first-order valence-electron chi connectivity index (χ1n) is 6.62. The molecule has 1 fully saturated rings. The number of carbonyl (C=O) groups is 1. The van der Waals surface area contributed by atoms with E-state index in [1.165, 1.54) is 12.8 Å². The van der Waals surface area contributed by atoms with Crippen LogP contribution in [0.4, 0.5) is 0 Å². The van der Waals surface area contributed by atoms with Crippen LogP contribution < -0.4 is 0 Å². The number of halogens is 1. The molecule has 0 aromatic carbocycles. The molecule has 1 aliphatic carbocycles. The van der Waals surface area contributed by atoms with Gasteiger partial charge in [-0.25, -0.2) is 0 Å². The average Bonchev–Trinajstić information content (AvgIpc) is 2.86. The van der Waals surface area contributed by atoms with Crippen LogP contribution in [0.5, 0.6) is 0 Å². The molecule has 1 aliphatic rings. The first-order chi connectivity index (χ1) is 8.65. The molecule has 1 aromatic heterocycles. The van der Waals surface area contributed by atoms with Gasteiger partial charge in [0.05, 0.1) is 11.8 Å². The van der Waals surface area contributed by atoms with Crippen molar-refractivity contribution in [1.29, 1.82) is 0 Å². The van der Waals surface area contributed by atoms with Gasteiger partial charge in [0.1, 0.15) is 5.76 Å². The number of carbonyl (C=O) groups excluding carboxylic acids is 1. The summed E-state index contributed by atoms with van der Waals surface area (Å²) in [7, 11) is 1.90. The zero-order chi connectivity index (χ0) is 13.1. The first-order valence-corrected chi connectivity index (χ1v) is 7.54. The van der Waals surface area contributed by atoms with E-state index in [0.29, 0.717) is 16.4 Å². The van der Waals surface area contributed by atoms with Crippen molar-refractivity contribution in [1.82, 2.24) is 4.90 Å². The van der Waals surface area contributed by atoms with E-state index in [-0.39, 0.29) is 5.91 Å². The van der Waals surface area contributed by atoms with E-state index in [9.17, 15) is 4.79 Å². The van der Waals surface area contributed by atoms with Crippen LogP contribution in [-0.2, 0) is 6.42 Å². The van der Waals surface area contributed by atoms with E-state index >= 15 is 0 Å². The number of hydrogen-bond acceptors (Lipinski definition) is 2. The van der Waals surface area contributed by atoms with E-state index < -0.39 is 0 Å². The van der Waals surface area contributed by atoms with Gasteiger partial charge in [-0.1, -0.05) is 35.7 Å². The third-order valence-electron chi connectivity index (χ3n) is 3.76. The molecule has 3 nitrogen and oxygen atoms in total. The number of hydrogen-bond donors (Lipinski definition) is 0. The Hall–Kier alpha value is -0.770. The summed E-state index contributed by atoms with van der Waals surface area (Å²) in [5.74, 6) is 0.866. The topological polar surface area (TPSA) is 33.5 Å². The minimum absolute atomic E-state index is 0.0805. The number of nitrogens with zero attached hydrogens (tertiary/aromatic N) is 1. The van der Waals surface area contributed by atoms with Crippen LogP contribution in [-0.4, -0.2) is 28.7 Å². The molecule has 0 radical (unpaired) electrons. The molecule has 100 valence electrons. The molecule has 0 N–H and O–H groups in total. The lowest BCUT2D eigenvalue weighted by Gasteiger charge is -2.35. The summed E-state index contributed by atoms with van der Waals surface area (Å²) in [4.78, 5) is 14.8. The summed E-state index contributed by atoms with van der Waals surface area (Å²) < 4.78 is 5.34. The molecule has 2 rings (SSSR count). The zero-order valence-corrected chi connectivity index (χ0v) is 12.6. The lowest BCUT2D eigenvalue weighted by atomic mass is 9.94. The quantitative estimate of drug-likeness (QED) is 0.799. The maximum absolute atomic E-state index is 12.5. The van der Waals surface area contributed by atoms with Crippen molar-refractivity contribution in [3.63, 3.8) is 0 Å². The average molecular weight is 314 g/mol. The van der Waals surface area contributed by atoms with Crippen LogP contribution in [0, 0.1) is 0 Å². The molecule has 0 aliphatic heterocycles. The van der Waals surface area contributed by atoms with E-state index in [1.54, 1.807) is 12.3 Å². The Morgan fingerprint density at radius 2 is 2.22 bits per heavy atom. The monoisotopic (exact) mass is 313 g/mol. The maximum Gasteiger partial charge on any atom is 0.257 e. The Balaban J connectivity index is 2.13. The van der Waals surface area contributed by atoms with E-state index in [2.05, 4.69) is 15.9 Å². The third-order valence-corrected chi connectivity index (χ3v) is 4.83. The molecule has 1 saturated carbocycles. The van der Waals surface area contributed by atoms with Gasteiger partial charge in [-0.2, -0.15) is 0 Å². The smallest absolute Gasteiger partial charge is 0.257 e. The van der Waals surface area contributed by atoms with E-state index in [4.69, 9.17) is 4.42 Å². The van der Waals surface area contributed by atoms with Crippen LogP contribution in [0.15, 0.2) is 16.7 Å². The molecule has 1 amide bonds. The largest absolute Gasteiger partial charge is 0.469 e. The van der Waals surface area contributed by atoms with Gasteiger partial charge < -0.3 is 9.32 Å². The van der Waals surface area contributed by atoms with Crippen LogP contribution in [0.2, 0.25) is 0 Å². The highest BCUT2D eigenvalue weighted by atomic mass is 79.9. The van der Waals surface area contributed by atoms with Crippen molar-refractivity contribution in [3.8, 4) is 0 Å². The fraction of sp³-hybridized carbons (Fsp3) is 0.643. The number of rotatable bonds is 3. The lowest BCUT2D eigenvalue weighted by Crippen LogP contribution is -2.44. The molecule has 18 heavy (non-hydrogen) atoms. The van der Waals surface area contributed by atoms with Crippen molar-refractivity contribution >= 4 is 21.8 Å². The normalized spacial score (nSPS) is 23.9. The summed E-state index contributed by atoms with van der Waals surface area (Å²) in [6.45, 7) is 2.00. The van der Waals surface area contributed by atoms with Gasteiger partial charge in [-0.3, -0.25) is 4.79 Å². The first kappa shape index (κ1) is 13.7. The second-order valence-corrected chi connectivity index (χ2v) is 6.07. The van der Waals surface area contributed by atoms with Crippen molar-refractivity contribution in [2.45, 2.75) is 49.9 Å².